The molecule has 0 aliphatic heterocycles. The molecule has 0 aliphatic carbocycles. The van der Waals surface area contributed by atoms with E-state index in [1.54, 1.807) is 12.1 Å². The number of nitrogens with two attached hydrogens (primary N) is 2. The third-order valence-corrected chi connectivity index (χ3v) is 4.14. The van der Waals surface area contributed by atoms with Gasteiger partial charge in [0.2, 0.25) is 0 Å². The molecule has 5 N–H and O–H groups in total. The largest absolute Gasteiger partial charge is 0.399 e. The van der Waals surface area contributed by atoms with Crippen molar-refractivity contribution in [1.82, 2.24) is 4.98 Å². The Morgan fingerprint density at radius 2 is 1.58 bits per heavy atom. The maximum atomic E-state index is 10.8. The van der Waals surface area contributed by atoms with Crippen LogP contribution in [0.1, 0.15) is 0 Å². The van der Waals surface area contributed by atoms with Gasteiger partial charge in [-0.15, -0.1) is 0 Å². The molecular weight excluding hydrogens is 304 g/mol. The maximum absolute atomic E-state index is 10.8. The molecule has 0 bridgehead atoms. The van der Waals surface area contributed by atoms with E-state index < -0.39 is 4.92 Å². The van der Waals surface area contributed by atoms with Crippen LogP contribution in [0.4, 0.5) is 17.1 Å². The van der Waals surface area contributed by atoms with Crippen LogP contribution in [0.5, 0.6) is 0 Å². The van der Waals surface area contributed by atoms with Gasteiger partial charge in [0, 0.05) is 45.4 Å². The molecule has 4 rings (SSSR count). The third kappa shape index (κ3) is 2.13. The fourth-order valence-corrected chi connectivity index (χ4v) is 3.03. The highest BCUT2D eigenvalue weighted by atomic mass is 16.6. The van der Waals surface area contributed by atoms with Crippen LogP contribution in [-0.2, 0) is 0 Å². The molecule has 1 aromatic heterocycles. The van der Waals surface area contributed by atoms with Gasteiger partial charge in [-0.05, 0) is 48.0 Å². The number of nitrogens with zero attached hydrogens (tertiary/aromatic N) is 1. The van der Waals surface area contributed by atoms with Crippen molar-refractivity contribution in [3.05, 3.63) is 64.7 Å². The molecule has 1 heterocycles. The van der Waals surface area contributed by atoms with Gasteiger partial charge in [0.1, 0.15) is 0 Å². The number of H-pyrrole nitrogens is 1. The van der Waals surface area contributed by atoms with Gasteiger partial charge in [-0.3, -0.25) is 10.1 Å². The standard InChI is InChI=1S/C18H14N4O2/c19-11-3-6-17-15(7-11)16-9-12(20)8-14(18(16)21-17)10-1-4-13(5-2-10)22(23)24/h1-9,21H,19-20H2. The second-order valence-corrected chi connectivity index (χ2v) is 5.73. The van der Waals surface area contributed by atoms with Gasteiger partial charge in [0.05, 0.1) is 10.4 Å². The zero-order chi connectivity index (χ0) is 16.8. The van der Waals surface area contributed by atoms with Crippen LogP contribution in [0.15, 0.2) is 54.6 Å². The lowest BCUT2D eigenvalue weighted by molar-refractivity contribution is -0.384. The van der Waals surface area contributed by atoms with E-state index >= 15 is 0 Å². The Balaban J connectivity index is 2.01. The van der Waals surface area contributed by atoms with Gasteiger partial charge >= 0.3 is 0 Å². The number of nitro groups is 1. The van der Waals surface area contributed by atoms with Crippen LogP contribution in [-0.4, -0.2) is 9.91 Å². The Morgan fingerprint density at radius 1 is 0.875 bits per heavy atom. The Hall–Kier alpha value is -3.54. The van der Waals surface area contributed by atoms with Crippen molar-refractivity contribution in [3.63, 3.8) is 0 Å². The monoisotopic (exact) mass is 318 g/mol. The minimum absolute atomic E-state index is 0.0586. The molecule has 6 nitrogen and oxygen atoms in total. The first kappa shape index (κ1) is 14.1. The number of aromatic amines is 1. The molecule has 3 aromatic carbocycles. The zero-order valence-corrected chi connectivity index (χ0v) is 12.6. The van der Waals surface area contributed by atoms with Crippen LogP contribution in [0.2, 0.25) is 0 Å². The van der Waals surface area contributed by atoms with E-state index in [1.165, 1.54) is 12.1 Å². The number of fused-ring (bicyclic) bond motifs is 3. The van der Waals surface area contributed by atoms with E-state index in [1.807, 2.05) is 30.3 Å². The van der Waals surface area contributed by atoms with Gasteiger partial charge < -0.3 is 16.5 Å². The summed E-state index contributed by atoms with van der Waals surface area (Å²) in [6.07, 6.45) is 0. The first-order valence-electron chi connectivity index (χ1n) is 7.38. The Bertz CT molecular complexity index is 1100. The first-order valence-corrected chi connectivity index (χ1v) is 7.38. The third-order valence-electron chi connectivity index (χ3n) is 4.14. The number of rotatable bonds is 2. The summed E-state index contributed by atoms with van der Waals surface area (Å²) in [6, 6.07) is 15.9. The highest BCUT2D eigenvalue weighted by Gasteiger charge is 2.13. The molecule has 0 amide bonds. The Kier molecular flexibility index (Phi) is 2.93. The molecule has 6 heteroatoms. The van der Waals surface area contributed by atoms with Crippen LogP contribution in [0.3, 0.4) is 0 Å². The normalized spacial score (nSPS) is 11.2. The molecule has 0 fully saturated rings. The zero-order valence-electron chi connectivity index (χ0n) is 12.6. The van der Waals surface area contributed by atoms with Crippen molar-refractivity contribution < 1.29 is 4.92 Å². The number of nitro benzene ring substituents is 1. The molecule has 4 aromatic rings. The maximum Gasteiger partial charge on any atom is 0.269 e. The number of nitrogen functional groups attached to an aromatic ring is 2. The van der Waals surface area contributed by atoms with Crippen molar-refractivity contribution >= 4 is 38.9 Å². The SMILES string of the molecule is Nc1ccc2[nH]c3c(-c4ccc([N+](=O)[O-])cc4)cc(N)cc3c2c1. The second-order valence-electron chi connectivity index (χ2n) is 5.73. The molecule has 0 unspecified atom stereocenters. The minimum atomic E-state index is -0.412. The summed E-state index contributed by atoms with van der Waals surface area (Å²) in [5, 5.41) is 12.8. The lowest BCUT2D eigenvalue weighted by Crippen LogP contribution is -1.89. The number of nitrogens with one attached hydrogen (secondary N) is 1. The highest BCUT2D eigenvalue weighted by molar-refractivity contribution is 6.13. The van der Waals surface area contributed by atoms with Crippen molar-refractivity contribution in [3.8, 4) is 11.1 Å². The van der Waals surface area contributed by atoms with E-state index in [2.05, 4.69) is 4.98 Å². The average Bonchev–Trinajstić information content (AvgIpc) is 2.92. The average molecular weight is 318 g/mol. The number of hydrogen-bond donors (Lipinski definition) is 3. The van der Waals surface area contributed by atoms with Crippen LogP contribution in [0.25, 0.3) is 32.9 Å². The fourth-order valence-electron chi connectivity index (χ4n) is 3.03. The Morgan fingerprint density at radius 3 is 2.29 bits per heavy atom. The number of non-ortho nitro benzene ring substituents is 1. The summed E-state index contributed by atoms with van der Waals surface area (Å²) in [7, 11) is 0. The van der Waals surface area contributed by atoms with Gasteiger partial charge in [-0.2, -0.15) is 0 Å². The smallest absolute Gasteiger partial charge is 0.269 e. The van der Waals surface area contributed by atoms with Gasteiger partial charge in [-0.1, -0.05) is 0 Å². The highest BCUT2D eigenvalue weighted by Crippen LogP contribution is 2.36. The number of anilines is 2. The topological polar surface area (TPSA) is 111 Å². The van der Waals surface area contributed by atoms with E-state index in [4.69, 9.17) is 11.5 Å². The number of benzene rings is 3. The molecule has 24 heavy (non-hydrogen) atoms. The van der Waals surface area contributed by atoms with E-state index in [-0.39, 0.29) is 5.69 Å². The molecule has 0 spiro atoms. The van der Waals surface area contributed by atoms with E-state index in [0.717, 1.165) is 32.9 Å². The molecule has 0 aliphatic rings. The number of hydrogen-bond acceptors (Lipinski definition) is 4. The molecular formula is C18H14N4O2. The van der Waals surface area contributed by atoms with Gasteiger partial charge in [-0.25, -0.2) is 0 Å². The molecule has 0 atom stereocenters. The van der Waals surface area contributed by atoms with Gasteiger partial charge in [0.15, 0.2) is 0 Å². The quantitative estimate of drug-likeness (QED) is 0.294. The van der Waals surface area contributed by atoms with Crippen molar-refractivity contribution in [2.45, 2.75) is 0 Å². The molecule has 0 radical (unpaired) electrons. The predicted octanol–water partition coefficient (Wildman–Crippen LogP) is 4.06. The fraction of sp³-hybridized carbons (Fsp3) is 0. The van der Waals surface area contributed by atoms with Crippen LogP contribution in [0, 0.1) is 10.1 Å². The summed E-state index contributed by atoms with van der Waals surface area (Å²) in [5.74, 6) is 0. The summed E-state index contributed by atoms with van der Waals surface area (Å²) >= 11 is 0. The minimum Gasteiger partial charge on any atom is -0.399 e. The van der Waals surface area contributed by atoms with Crippen molar-refractivity contribution in [1.29, 1.82) is 0 Å². The van der Waals surface area contributed by atoms with Crippen molar-refractivity contribution in [2.75, 3.05) is 11.5 Å². The Labute approximate surface area is 136 Å². The molecule has 0 saturated heterocycles. The summed E-state index contributed by atoms with van der Waals surface area (Å²) in [6.45, 7) is 0. The number of aromatic nitrogens is 1. The first-order chi connectivity index (χ1) is 11.5. The summed E-state index contributed by atoms with van der Waals surface area (Å²) < 4.78 is 0. The van der Waals surface area contributed by atoms with E-state index in [0.29, 0.717) is 11.4 Å². The lowest BCUT2D eigenvalue weighted by Gasteiger charge is -2.06. The van der Waals surface area contributed by atoms with Gasteiger partial charge in [0.25, 0.3) is 5.69 Å². The summed E-state index contributed by atoms with van der Waals surface area (Å²) in [4.78, 5) is 13.8. The van der Waals surface area contributed by atoms with E-state index in [9.17, 15) is 10.1 Å². The lowest BCUT2D eigenvalue weighted by atomic mass is 10.0. The summed E-state index contributed by atoms with van der Waals surface area (Å²) in [5.41, 5.74) is 17.0. The molecule has 118 valence electrons. The van der Waals surface area contributed by atoms with Crippen LogP contribution >= 0.6 is 0 Å². The molecule has 0 saturated carbocycles. The predicted molar refractivity (Wildman–Crippen MR) is 96.7 cm³/mol. The van der Waals surface area contributed by atoms with Crippen molar-refractivity contribution in [2.24, 2.45) is 0 Å². The second kappa shape index (κ2) is 4.99. The van der Waals surface area contributed by atoms with Crippen LogP contribution < -0.4 is 11.5 Å².